The molecule has 0 aliphatic rings. The first kappa shape index (κ1) is 18.0. The second-order valence-electron chi connectivity index (χ2n) is 6.04. The van der Waals surface area contributed by atoms with Crippen molar-refractivity contribution in [1.82, 2.24) is 5.32 Å². The first-order chi connectivity index (χ1) is 12.4. The summed E-state index contributed by atoms with van der Waals surface area (Å²) in [6.07, 6.45) is 0. The van der Waals surface area contributed by atoms with Gasteiger partial charge in [0.05, 0.1) is 17.3 Å². The van der Waals surface area contributed by atoms with Gasteiger partial charge in [-0.15, -0.1) is 0 Å². The van der Waals surface area contributed by atoms with Gasteiger partial charge in [-0.3, -0.25) is 9.59 Å². The SMILES string of the molecule is CC(O)(CNC(=O)C(=O)Nc1ccccc1Cl)c1cc2ccccc2o1. The first-order valence-electron chi connectivity index (χ1n) is 7.92. The van der Waals surface area contributed by atoms with Crippen LogP contribution in [0.1, 0.15) is 12.7 Å². The minimum Gasteiger partial charge on any atom is -0.458 e. The lowest BCUT2D eigenvalue weighted by Crippen LogP contribution is -2.43. The van der Waals surface area contributed by atoms with Crippen LogP contribution in [0, 0.1) is 0 Å². The standard InChI is InChI=1S/C19H17ClN2O4/c1-19(25,16-10-12-6-2-5-9-15(12)26-16)11-21-17(23)18(24)22-14-8-4-3-7-13(14)20/h2-10,25H,11H2,1H3,(H,21,23)(H,22,24). The van der Waals surface area contributed by atoms with Crippen molar-refractivity contribution in [2.24, 2.45) is 0 Å². The third-order valence-electron chi connectivity index (χ3n) is 3.88. The van der Waals surface area contributed by atoms with Gasteiger partial charge in [-0.1, -0.05) is 41.9 Å². The highest BCUT2D eigenvalue weighted by atomic mass is 35.5. The number of fused-ring (bicyclic) bond motifs is 1. The number of amides is 2. The van der Waals surface area contributed by atoms with E-state index in [1.165, 1.54) is 6.92 Å². The van der Waals surface area contributed by atoms with Gasteiger partial charge in [-0.25, -0.2) is 0 Å². The molecule has 6 nitrogen and oxygen atoms in total. The molecule has 7 heteroatoms. The Hall–Kier alpha value is -2.83. The molecule has 0 saturated carbocycles. The van der Waals surface area contributed by atoms with Gasteiger partial charge in [0.15, 0.2) is 0 Å². The number of anilines is 1. The van der Waals surface area contributed by atoms with Crippen molar-refractivity contribution in [3.63, 3.8) is 0 Å². The zero-order valence-corrected chi connectivity index (χ0v) is 14.7. The summed E-state index contributed by atoms with van der Waals surface area (Å²) >= 11 is 5.94. The van der Waals surface area contributed by atoms with Crippen molar-refractivity contribution < 1.29 is 19.1 Å². The zero-order chi connectivity index (χ0) is 18.7. The highest BCUT2D eigenvalue weighted by Crippen LogP contribution is 2.27. The maximum absolute atomic E-state index is 12.0. The third kappa shape index (κ3) is 3.87. The number of aliphatic hydroxyl groups is 1. The maximum Gasteiger partial charge on any atom is 0.313 e. The molecule has 0 fully saturated rings. The third-order valence-corrected chi connectivity index (χ3v) is 4.21. The summed E-state index contributed by atoms with van der Waals surface area (Å²) in [6, 6.07) is 15.6. The zero-order valence-electron chi connectivity index (χ0n) is 14.0. The van der Waals surface area contributed by atoms with Crippen LogP contribution in [0.5, 0.6) is 0 Å². The lowest BCUT2D eigenvalue weighted by Gasteiger charge is -2.21. The quantitative estimate of drug-likeness (QED) is 0.614. The summed E-state index contributed by atoms with van der Waals surface area (Å²) in [4.78, 5) is 24.0. The van der Waals surface area contributed by atoms with Gasteiger partial charge in [0.1, 0.15) is 16.9 Å². The van der Waals surface area contributed by atoms with Crippen LogP contribution in [0.25, 0.3) is 11.0 Å². The van der Waals surface area contributed by atoms with E-state index < -0.39 is 17.4 Å². The van der Waals surface area contributed by atoms with Crippen molar-refractivity contribution in [2.45, 2.75) is 12.5 Å². The van der Waals surface area contributed by atoms with E-state index in [-0.39, 0.29) is 6.54 Å². The van der Waals surface area contributed by atoms with Crippen LogP contribution in [0.4, 0.5) is 5.69 Å². The van der Waals surface area contributed by atoms with Crippen LogP contribution in [-0.2, 0) is 15.2 Å². The number of hydrogen-bond acceptors (Lipinski definition) is 4. The van der Waals surface area contributed by atoms with Gasteiger partial charge < -0.3 is 20.2 Å². The molecule has 1 unspecified atom stereocenters. The Morgan fingerprint density at radius 2 is 1.81 bits per heavy atom. The highest BCUT2D eigenvalue weighted by Gasteiger charge is 2.29. The summed E-state index contributed by atoms with van der Waals surface area (Å²) in [6.45, 7) is 1.30. The molecule has 1 heterocycles. The monoisotopic (exact) mass is 372 g/mol. The molecule has 1 atom stereocenters. The minimum absolute atomic E-state index is 0.193. The normalized spacial score (nSPS) is 13.2. The molecule has 1 aromatic heterocycles. The molecule has 3 rings (SSSR count). The summed E-state index contributed by atoms with van der Waals surface area (Å²) in [5.41, 5.74) is -0.511. The predicted octanol–water partition coefficient (Wildman–Crippen LogP) is 3.05. The highest BCUT2D eigenvalue weighted by molar-refractivity contribution is 6.41. The van der Waals surface area contributed by atoms with Crippen molar-refractivity contribution in [3.05, 3.63) is 65.4 Å². The second kappa shape index (κ2) is 7.19. The molecule has 0 radical (unpaired) electrons. The molecular formula is C19H17ClN2O4. The Morgan fingerprint density at radius 3 is 2.54 bits per heavy atom. The number of furan rings is 1. The number of carbonyl (C=O) groups is 2. The molecule has 0 spiro atoms. The molecule has 0 aliphatic heterocycles. The van der Waals surface area contributed by atoms with Gasteiger partial charge in [0.25, 0.3) is 0 Å². The Kier molecular flexibility index (Phi) is 4.97. The van der Waals surface area contributed by atoms with Crippen LogP contribution in [0.3, 0.4) is 0 Å². The van der Waals surface area contributed by atoms with Crippen LogP contribution in [0.2, 0.25) is 5.02 Å². The molecule has 2 aromatic carbocycles. The Labute approximate surface area is 154 Å². The molecule has 0 bridgehead atoms. The fourth-order valence-electron chi connectivity index (χ4n) is 2.41. The summed E-state index contributed by atoms with van der Waals surface area (Å²) < 4.78 is 5.62. The molecular weight excluding hydrogens is 356 g/mol. The Bertz CT molecular complexity index is 932. The van der Waals surface area contributed by atoms with E-state index in [1.54, 1.807) is 36.4 Å². The van der Waals surface area contributed by atoms with Crippen molar-refractivity contribution in [3.8, 4) is 0 Å². The summed E-state index contributed by atoms with van der Waals surface area (Å²) in [5, 5.41) is 16.6. The Balaban J connectivity index is 1.64. The number of rotatable bonds is 4. The van der Waals surface area contributed by atoms with Gasteiger partial charge in [-0.2, -0.15) is 0 Å². The van der Waals surface area contributed by atoms with E-state index in [4.69, 9.17) is 16.0 Å². The van der Waals surface area contributed by atoms with Crippen molar-refractivity contribution in [2.75, 3.05) is 11.9 Å². The largest absolute Gasteiger partial charge is 0.458 e. The van der Waals surface area contributed by atoms with Gasteiger partial charge in [0, 0.05) is 5.39 Å². The van der Waals surface area contributed by atoms with E-state index in [0.717, 1.165) is 5.39 Å². The van der Waals surface area contributed by atoms with E-state index in [2.05, 4.69) is 10.6 Å². The number of nitrogens with one attached hydrogen (secondary N) is 2. The van der Waals surface area contributed by atoms with Crippen LogP contribution in [-0.4, -0.2) is 23.5 Å². The molecule has 134 valence electrons. The topological polar surface area (TPSA) is 91.6 Å². The number of carbonyl (C=O) groups excluding carboxylic acids is 2. The van der Waals surface area contributed by atoms with E-state index >= 15 is 0 Å². The van der Waals surface area contributed by atoms with Crippen molar-refractivity contribution in [1.29, 1.82) is 0 Å². The average Bonchev–Trinajstić information content (AvgIpc) is 3.07. The lowest BCUT2D eigenvalue weighted by molar-refractivity contribution is -0.136. The smallest absolute Gasteiger partial charge is 0.313 e. The van der Waals surface area contributed by atoms with Gasteiger partial charge >= 0.3 is 11.8 Å². The first-order valence-corrected chi connectivity index (χ1v) is 8.30. The lowest BCUT2D eigenvalue weighted by atomic mass is 10.0. The number of benzene rings is 2. The Morgan fingerprint density at radius 1 is 1.12 bits per heavy atom. The summed E-state index contributed by atoms with van der Waals surface area (Å²) in [7, 11) is 0. The van der Waals surface area contributed by atoms with Crippen LogP contribution >= 0.6 is 11.6 Å². The molecule has 0 aliphatic carbocycles. The van der Waals surface area contributed by atoms with Crippen LogP contribution < -0.4 is 10.6 Å². The predicted molar refractivity (Wildman–Crippen MR) is 98.9 cm³/mol. The fourth-order valence-corrected chi connectivity index (χ4v) is 2.59. The van der Waals surface area contributed by atoms with Gasteiger partial charge in [-0.05, 0) is 31.2 Å². The molecule has 3 N–H and O–H groups in total. The average molecular weight is 373 g/mol. The number of halogens is 1. The molecule has 3 aromatic rings. The minimum atomic E-state index is -1.47. The van der Waals surface area contributed by atoms with E-state index in [9.17, 15) is 14.7 Å². The van der Waals surface area contributed by atoms with E-state index in [1.807, 2.05) is 18.2 Å². The molecule has 26 heavy (non-hydrogen) atoms. The number of hydrogen-bond donors (Lipinski definition) is 3. The molecule has 2 amide bonds. The van der Waals surface area contributed by atoms with Crippen LogP contribution in [0.15, 0.2) is 59.0 Å². The second-order valence-corrected chi connectivity index (χ2v) is 6.45. The van der Waals surface area contributed by atoms with E-state index in [0.29, 0.717) is 22.1 Å². The van der Waals surface area contributed by atoms with Crippen molar-refractivity contribution >= 4 is 40.1 Å². The summed E-state index contributed by atoms with van der Waals surface area (Å²) in [5.74, 6) is -1.47. The maximum atomic E-state index is 12.0. The number of para-hydroxylation sites is 2. The van der Waals surface area contributed by atoms with Gasteiger partial charge in [0.2, 0.25) is 0 Å². The fraction of sp³-hybridized carbons (Fsp3) is 0.158. The molecule has 0 saturated heterocycles.